The molecule has 1 aromatic heterocycles. The molecule has 0 radical (unpaired) electrons. The summed E-state index contributed by atoms with van der Waals surface area (Å²) in [6.07, 6.45) is 0. The summed E-state index contributed by atoms with van der Waals surface area (Å²) >= 11 is 1.48. The van der Waals surface area contributed by atoms with E-state index < -0.39 is 0 Å². The summed E-state index contributed by atoms with van der Waals surface area (Å²) in [5.74, 6) is 0. The third-order valence-electron chi connectivity index (χ3n) is 1.83. The van der Waals surface area contributed by atoms with Crippen LogP contribution in [0.2, 0.25) is 0 Å². The number of nitrogens with zero attached hydrogens (tertiary/aromatic N) is 1. The normalized spacial score (nSPS) is 9.92. The first-order chi connectivity index (χ1) is 6.40. The zero-order chi connectivity index (χ0) is 9.10. The summed E-state index contributed by atoms with van der Waals surface area (Å²) in [6.45, 7) is 0. The fraction of sp³-hybridized carbons (Fsp3) is 0.100. The van der Waals surface area contributed by atoms with Gasteiger partial charge in [0, 0.05) is 18.7 Å². The van der Waals surface area contributed by atoms with Crippen molar-refractivity contribution in [1.82, 2.24) is 4.37 Å². The molecule has 0 aliphatic carbocycles. The lowest BCUT2D eigenvalue weighted by atomic mass is 10.2. The van der Waals surface area contributed by atoms with E-state index in [1.807, 2.05) is 25.2 Å². The second kappa shape index (κ2) is 3.58. The minimum absolute atomic E-state index is 1.04. The van der Waals surface area contributed by atoms with Gasteiger partial charge in [-0.2, -0.15) is 4.37 Å². The molecule has 0 fully saturated rings. The van der Waals surface area contributed by atoms with E-state index in [-0.39, 0.29) is 0 Å². The molecular weight excluding hydrogens is 180 g/mol. The van der Waals surface area contributed by atoms with Crippen LogP contribution in [0.1, 0.15) is 0 Å². The summed E-state index contributed by atoms with van der Waals surface area (Å²) in [6, 6.07) is 12.2. The van der Waals surface area contributed by atoms with Crippen LogP contribution in [0.3, 0.4) is 0 Å². The van der Waals surface area contributed by atoms with E-state index >= 15 is 0 Å². The number of rotatable bonds is 2. The SMILES string of the molecule is CNc1cc(-c2ccccc2)ns1. The van der Waals surface area contributed by atoms with Crippen LogP contribution in [-0.4, -0.2) is 11.4 Å². The summed E-state index contributed by atoms with van der Waals surface area (Å²) in [7, 11) is 1.91. The Morgan fingerprint density at radius 1 is 1.23 bits per heavy atom. The van der Waals surface area contributed by atoms with E-state index in [4.69, 9.17) is 0 Å². The molecule has 3 heteroatoms. The van der Waals surface area contributed by atoms with Crippen LogP contribution in [0.4, 0.5) is 5.00 Å². The molecule has 2 nitrogen and oxygen atoms in total. The van der Waals surface area contributed by atoms with Crippen LogP contribution in [0.5, 0.6) is 0 Å². The highest BCUT2D eigenvalue weighted by Crippen LogP contribution is 2.24. The molecular formula is C10H10N2S. The first-order valence-corrected chi connectivity index (χ1v) is 4.87. The molecule has 1 aromatic carbocycles. The predicted molar refractivity (Wildman–Crippen MR) is 57.1 cm³/mol. The summed E-state index contributed by atoms with van der Waals surface area (Å²) in [4.78, 5) is 0. The molecule has 0 amide bonds. The molecule has 0 saturated carbocycles. The van der Waals surface area contributed by atoms with E-state index in [9.17, 15) is 0 Å². The van der Waals surface area contributed by atoms with Crippen molar-refractivity contribution >= 4 is 16.5 Å². The topological polar surface area (TPSA) is 24.9 Å². The Kier molecular flexibility index (Phi) is 2.27. The van der Waals surface area contributed by atoms with Crippen molar-refractivity contribution in [2.75, 3.05) is 12.4 Å². The molecule has 0 spiro atoms. The van der Waals surface area contributed by atoms with Crippen molar-refractivity contribution in [3.8, 4) is 11.3 Å². The first kappa shape index (κ1) is 8.26. The van der Waals surface area contributed by atoms with Gasteiger partial charge < -0.3 is 5.32 Å². The van der Waals surface area contributed by atoms with Crippen molar-refractivity contribution in [2.45, 2.75) is 0 Å². The van der Waals surface area contributed by atoms with Gasteiger partial charge >= 0.3 is 0 Å². The maximum Gasteiger partial charge on any atom is 0.109 e. The van der Waals surface area contributed by atoms with E-state index in [0.29, 0.717) is 0 Å². The van der Waals surface area contributed by atoms with E-state index in [1.165, 1.54) is 17.1 Å². The van der Waals surface area contributed by atoms with Crippen molar-refractivity contribution in [2.24, 2.45) is 0 Å². The Morgan fingerprint density at radius 2 is 2.00 bits per heavy atom. The van der Waals surface area contributed by atoms with Crippen LogP contribution < -0.4 is 5.32 Å². The number of aromatic nitrogens is 1. The second-order valence-electron chi connectivity index (χ2n) is 2.69. The highest BCUT2D eigenvalue weighted by atomic mass is 32.1. The van der Waals surface area contributed by atoms with Gasteiger partial charge in [0.2, 0.25) is 0 Å². The first-order valence-electron chi connectivity index (χ1n) is 4.10. The maximum atomic E-state index is 4.34. The third kappa shape index (κ3) is 1.70. The Labute approximate surface area is 81.4 Å². The lowest BCUT2D eigenvalue weighted by Crippen LogP contribution is -1.80. The minimum atomic E-state index is 1.04. The fourth-order valence-electron chi connectivity index (χ4n) is 1.14. The van der Waals surface area contributed by atoms with Gasteiger partial charge in [-0.3, -0.25) is 0 Å². The Bertz CT molecular complexity index is 381. The van der Waals surface area contributed by atoms with Crippen LogP contribution in [0.15, 0.2) is 36.4 Å². The van der Waals surface area contributed by atoms with Crippen molar-refractivity contribution in [3.05, 3.63) is 36.4 Å². The number of anilines is 1. The minimum Gasteiger partial charge on any atom is -0.379 e. The maximum absolute atomic E-state index is 4.34. The van der Waals surface area contributed by atoms with Crippen LogP contribution in [0.25, 0.3) is 11.3 Å². The Hall–Kier alpha value is -1.35. The molecule has 0 saturated heterocycles. The monoisotopic (exact) mass is 190 g/mol. The lowest BCUT2D eigenvalue weighted by molar-refractivity contribution is 1.52. The number of nitrogens with one attached hydrogen (secondary N) is 1. The third-order valence-corrected chi connectivity index (χ3v) is 2.63. The van der Waals surface area contributed by atoms with E-state index in [0.717, 1.165) is 10.7 Å². The molecule has 66 valence electrons. The number of hydrogen-bond acceptors (Lipinski definition) is 3. The zero-order valence-corrected chi connectivity index (χ0v) is 8.14. The summed E-state index contributed by atoms with van der Waals surface area (Å²) in [5, 5.41) is 4.17. The van der Waals surface area contributed by atoms with Gasteiger partial charge in [0.1, 0.15) is 5.00 Å². The molecule has 13 heavy (non-hydrogen) atoms. The quantitative estimate of drug-likeness (QED) is 0.787. The molecule has 2 rings (SSSR count). The van der Waals surface area contributed by atoms with E-state index in [2.05, 4.69) is 27.9 Å². The van der Waals surface area contributed by atoms with Crippen molar-refractivity contribution in [1.29, 1.82) is 0 Å². The number of benzene rings is 1. The predicted octanol–water partition coefficient (Wildman–Crippen LogP) is 2.85. The molecule has 0 unspecified atom stereocenters. The Morgan fingerprint density at radius 3 is 2.62 bits per heavy atom. The second-order valence-corrected chi connectivity index (χ2v) is 3.50. The van der Waals surface area contributed by atoms with Gasteiger partial charge in [-0.05, 0) is 11.5 Å². The molecule has 0 atom stereocenters. The van der Waals surface area contributed by atoms with Crippen LogP contribution in [0, 0.1) is 0 Å². The summed E-state index contributed by atoms with van der Waals surface area (Å²) < 4.78 is 4.34. The van der Waals surface area contributed by atoms with Gasteiger partial charge in [-0.25, -0.2) is 0 Å². The molecule has 1 heterocycles. The molecule has 2 aromatic rings. The van der Waals surface area contributed by atoms with E-state index in [1.54, 1.807) is 0 Å². The average molecular weight is 190 g/mol. The van der Waals surface area contributed by atoms with Gasteiger partial charge in [0.05, 0.1) is 5.69 Å². The van der Waals surface area contributed by atoms with Gasteiger partial charge in [-0.1, -0.05) is 30.3 Å². The highest BCUT2D eigenvalue weighted by Gasteiger charge is 2.01. The lowest BCUT2D eigenvalue weighted by Gasteiger charge is -1.92. The standard InChI is InChI=1S/C10H10N2S/c1-11-10-7-9(12-13-10)8-5-3-2-4-6-8/h2-7,11H,1H3. The van der Waals surface area contributed by atoms with Gasteiger partial charge in [0.25, 0.3) is 0 Å². The van der Waals surface area contributed by atoms with Crippen molar-refractivity contribution in [3.63, 3.8) is 0 Å². The molecule has 0 aliphatic rings. The molecule has 0 bridgehead atoms. The van der Waals surface area contributed by atoms with Gasteiger partial charge in [-0.15, -0.1) is 0 Å². The molecule has 1 N–H and O–H groups in total. The van der Waals surface area contributed by atoms with Gasteiger partial charge in [0.15, 0.2) is 0 Å². The smallest absolute Gasteiger partial charge is 0.109 e. The summed E-state index contributed by atoms with van der Waals surface area (Å²) in [5.41, 5.74) is 2.20. The average Bonchev–Trinajstić information content (AvgIpc) is 2.67. The Balaban J connectivity index is 2.36. The van der Waals surface area contributed by atoms with Crippen LogP contribution >= 0.6 is 11.5 Å². The highest BCUT2D eigenvalue weighted by molar-refractivity contribution is 7.10. The molecule has 0 aliphatic heterocycles. The zero-order valence-electron chi connectivity index (χ0n) is 7.32. The van der Waals surface area contributed by atoms with Crippen molar-refractivity contribution < 1.29 is 0 Å². The fourth-order valence-corrected chi connectivity index (χ4v) is 1.75. The number of hydrogen-bond donors (Lipinski definition) is 1. The largest absolute Gasteiger partial charge is 0.379 e. The van der Waals surface area contributed by atoms with Crippen LogP contribution in [-0.2, 0) is 0 Å².